The van der Waals surface area contributed by atoms with Crippen LogP contribution in [0.2, 0.25) is 0 Å². The molecule has 0 saturated heterocycles. The van der Waals surface area contributed by atoms with Gasteiger partial charge in [0.15, 0.2) is 11.5 Å². The first-order valence-corrected chi connectivity index (χ1v) is 8.60. The Morgan fingerprint density at radius 2 is 1.83 bits per heavy atom. The van der Waals surface area contributed by atoms with Crippen LogP contribution in [0.1, 0.15) is 45.4 Å². The lowest BCUT2D eigenvalue weighted by atomic mass is 10.1. The van der Waals surface area contributed by atoms with Gasteiger partial charge in [-0.25, -0.2) is 0 Å². The van der Waals surface area contributed by atoms with Crippen LogP contribution < -0.4 is 14.8 Å². The zero-order chi connectivity index (χ0) is 16.9. The Hall–Kier alpha value is -2.24. The average molecular weight is 332 g/mol. The smallest absolute Gasteiger partial charge is 0.244 e. The normalized spacial score (nSPS) is 17.2. The molecule has 1 N–H and O–H groups in total. The highest BCUT2D eigenvalue weighted by Crippen LogP contribution is 2.34. The van der Waals surface area contributed by atoms with E-state index in [0.29, 0.717) is 17.2 Å². The molecule has 1 saturated carbocycles. The zero-order valence-electron chi connectivity index (χ0n) is 14.0. The number of carbonyl (C=O) groups is 2. The van der Waals surface area contributed by atoms with E-state index < -0.39 is 0 Å². The highest BCUT2D eigenvalue weighted by Gasteiger charge is 2.24. The highest BCUT2D eigenvalue weighted by molar-refractivity contribution is 5.94. The minimum Gasteiger partial charge on any atom is -0.454 e. The Kier molecular flexibility index (Phi) is 5.23. The molecule has 1 fully saturated rings. The Bertz CT molecular complexity index is 609. The standard InChI is InChI=1S/C18H24N2O4/c1-13(21)20(15-6-4-2-3-5-7-15)11-18(22)19-14-8-9-16-17(10-14)24-12-23-16/h8-10,15H,2-7,11-12H2,1H3,(H,19,22). The van der Waals surface area contributed by atoms with Crippen molar-refractivity contribution < 1.29 is 19.1 Å². The first kappa shape index (κ1) is 16.6. The molecule has 1 aromatic rings. The lowest BCUT2D eigenvalue weighted by Gasteiger charge is -2.29. The molecule has 130 valence electrons. The number of rotatable bonds is 4. The lowest BCUT2D eigenvalue weighted by molar-refractivity contribution is -0.135. The summed E-state index contributed by atoms with van der Waals surface area (Å²) in [5.74, 6) is 1.08. The van der Waals surface area contributed by atoms with Crippen LogP contribution in [0.3, 0.4) is 0 Å². The number of carbonyl (C=O) groups excluding carboxylic acids is 2. The van der Waals surface area contributed by atoms with Gasteiger partial charge in [0.05, 0.1) is 0 Å². The summed E-state index contributed by atoms with van der Waals surface area (Å²) in [6, 6.07) is 5.46. The predicted octanol–water partition coefficient (Wildman–Crippen LogP) is 2.93. The van der Waals surface area contributed by atoms with Crippen LogP contribution in [0.4, 0.5) is 5.69 Å². The number of ether oxygens (including phenoxy) is 2. The van der Waals surface area contributed by atoms with Gasteiger partial charge in [-0.15, -0.1) is 0 Å². The number of nitrogens with zero attached hydrogens (tertiary/aromatic N) is 1. The highest BCUT2D eigenvalue weighted by atomic mass is 16.7. The first-order chi connectivity index (χ1) is 11.6. The summed E-state index contributed by atoms with van der Waals surface area (Å²) >= 11 is 0. The van der Waals surface area contributed by atoms with E-state index in [1.165, 1.54) is 12.8 Å². The first-order valence-electron chi connectivity index (χ1n) is 8.60. The minimum absolute atomic E-state index is 0.0391. The summed E-state index contributed by atoms with van der Waals surface area (Å²) in [6.07, 6.45) is 6.64. The number of hydrogen-bond donors (Lipinski definition) is 1. The van der Waals surface area contributed by atoms with E-state index in [1.807, 2.05) is 0 Å². The van der Waals surface area contributed by atoms with Gasteiger partial charge in [0.2, 0.25) is 18.6 Å². The molecule has 0 unspecified atom stereocenters. The van der Waals surface area contributed by atoms with Crippen LogP contribution in [0.5, 0.6) is 11.5 Å². The molecule has 1 aliphatic carbocycles. The van der Waals surface area contributed by atoms with Crippen molar-refractivity contribution in [3.8, 4) is 11.5 Å². The maximum absolute atomic E-state index is 12.4. The molecule has 6 heteroatoms. The molecule has 3 rings (SSSR count). The fourth-order valence-electron chi connectivity index (χ4n) is 3.40. The molecule has 1 aliphatic heterocycles. The van der Waals surface area contributed by atoms with Crippen LogP contribution in [0.25, 0.3) is 0 Å². The minimum atomic E-state index is -0.187. The summed E-state index contributed by atoms with van der Waals surface area (Å²) < 4.78 is 10.6. The van der Waals surface area contributed by atoms with Gasteiger partial charge in [-0.3, -0.25) is 9.59 Å². The maximum atomic E-state index is 12.4. The summed E-state index contributed by atoms with van der Waals surface area (Å²) in [5.41, 5.74) is 0.647. The van der Waals surface area contributed by atoms with Crippen molar-refractivity contribution in [2.45, 2.75) is 51.5 Å². The van der Waals surface area contributed by atoms with Gasteiger partial charge < -0.3 is 19.7 Å². The molecule has 0 bridgehead atoms. The Morgan fingerprint density at radius 3 is 2.54 bits per heavy atom. The largest absolute Gasteiger partial charge is 0.454 e. The fourth-order valence-corrected chi connectivity index (χ4v) is 3.40. The van der Waals surface area contributed by atoms with E-state index in [9.17, 15) is 9.59 Å². The molecule has 1 aromatic carbocycles. The third-order valence-corrected chi connectivity index (χ3v) is 4.64. The molecule has 2 aliphatic rings. The molecular formula is C18H24N2O4. The molecule has 1 heterocycles. The molecule has 0 spiro atoms. The Morgan fingerprint density at radius 1 is 1.12 bits per heavy atom. The summed E-state index contributed by atoms with van der Waals surface area (Å²) in [6.45, 7) is 1.83. The van der Waals surface area contributed by atoms with Crippen LogP contribution in [-0.2, 0) is 9.59 Å². The Balaban J connectivity index is 1.62. The average Bonchev–Trinajstić information content (AvgIpc) is 2.85. The summed E-state index contributed by atoms with van der Waals surface area (Å²) in [7, 11) is 0. The van der Waals surface area contributed by atoms with Crippen LogP contribution in [-0.4, -0.2) is 36.1 Å². The van der Waals surface area contributed by atoms with Gasteiger partial charge in [-0.1, -0.05) is 25.7 Å². The van der Waals surface area contributed by atoms with Gasteiger partial charge in [-0.2, -0.15) is 0 Å². The molecule has 24 heavy (non-hydrogen) atoms. The molecule has 0 aromatic heterocycles. The SMILES string of the molecule is CC(=O)N(CC(=O)Nc1ccc2c(c1)OCO2)C1CCCCCC1. The summed E-state index contributed by atoms with van der Waals surface area (Å²) in [5, 5.41) is 2.84. The van der Waals surface area contributed by atoms with E-state index in [0.717, 1.165) is 25.7 Å². The van der Waals surface area contributed by atoms with Crippen molar-refractivity contribution in [3.63, 3.8) is 0 Å². The van der Waals surface area contributed by atoms with Crippen molar-refractivity contribution in [3.05, 3.63) is 18.2 Å². The second-order valence-corrected chi connectivity index (χ2v) is 6.41. The van der Waals surface area contributed by atoms with E-state index >= 15 is 0 Å². The van der Waals surface area contributed by atoms with Gasteiger partial charge in [0.25, 0.3) is 0 Å². The third kappa shape index (κ3) is 3.99. The van der Waals surface area contributed by atoms with Crippen LogP contribution in [0, 0.1) is 0 Å². The van der Waals surface area contributed by atoms with E-state index in [4.69, 9.17) is 9.47 Å². The van der Waals surface area contributed by atoms with Crippen molar-refractivity contribution in [1.29, 1.82) is 0 Å². The molecule has 0 atom stereocenters. The second-order valence-electron chi connectivity index (χ2n) is 6.41. The monoisotopic (exact) mass is 332 g/mol. The predicted molar refractivity (Wildman–Crippen MR) is 90.1 cm³/mol. The fraction of sp³-hybridized carbons (Fsp3) is 0.556. The number of fused-ring (bicyclic) bond motifs is 1. The molecule has 0 radical (unpaired) electrons. The number of amides is 2. The quantitative estimate of drug-likeness (QED) is 0.861. The van der Waals surface area contributed by atoms with Gasteiger partial charge in [0.1, 0.15) is 6.54 Å². The zero-order valence-corrected chi connectivity index (χ0v) is 14.0. The van der Waals surface area contributed by atoms with Crippen molar-refractivity contribution in [2.75, 3.05) is 18.7 Å². The van der Waals surface area contributed by atoms with E-state index in [2.05, 4.69) is 5.32 Å². The van der Waals surface area contributed by atoms with Crippen molar-refractivity contribution >= 4 is 17.5 Å². The van der Waals surface area contributed by atoms with E-state index in [1.54, 1.807) is 30.0 Å². The van der Waals surface area contributed by atoms with Gasteiger partial charge >= 0.3 is 0 Å². The van der Waals surface area contributed by atoms with Gasteiger partial charge in [-0.05, 0) is 25.0 Å². The van der Waals surface area contributed by atoms with Gasteiger partial charge in [0, 0.05) is 24.7 Å². The maximum Gasteiger partial charge on any atom is 0.244 e. The van der Waals surface area contributed by atoms with Crippen molar-refractivity contribution in [2.24, 2.45) is 0 Å². The Labute approximate surface area is 142 Å². The molecule has 2 amide bonds. The number of hydrogen-bond acceptors (Lipinski definition) is 4. The second kappa shape index (κ2) is 7.55. The van der Waals surface area contributed by atoms with Crippen LogP contribution >= 0.6 is 0 Å². The molecular weight excluding hydrogens is 308 g/mol. The lowest BCUT2D eigenvalue weighted by Crippen LogP contribution is -2.43. The van der Waals surface area contributed by atoms with Crippen molar-refractivity contribution in [1.82, 2.24) is 4.90 Å². The third-order valence-electron chi connectivity index (χ3n) is 4.64. The summed E-state index contributed by atoms with van der Waals surface area (Å²) in [4.78, 5) is 26.1. The van der Waals surface area contributed by atoms with Crippen LogP contribution in [0.15, 0.2) is 18.2 Å². The topological polar surface area (TPSA) is 67.9 Å². The molecule has 6 nitrogen and oxygen atoms in total. The number of anilines is 1. The number of benzene rings is 1. The van der Waals surface area contributed by atoms with E-state index in [-0.39, 0.29) is 31.2 Å². The number of nitrogens with one attached hydrogen (secondary N) is 1.